The summed E-state index contributed by atoms with van der Waals surface area (Å²) in [4.78, 5) is 10.2. The van der Waals surface area contributed by atoms with E-state index in [0.717, 1.165) is 17.2 Å². The lowest BCUT2D eigenvalue weighted by molar-refractivity contribution is -0.385. The van der Waals surface area contributed by atoms with E-state index in [2.05, 4.69) is 0 Å². The zero-order chi connectivity index (χ0) is 17.2. The van der Waals surface area contributed by atoms with Crippen LogP contribution in [0.25, 0.3) is 0 Å². The topological polar surface area (TPSA) is 80.5 Å². The van der Waals surface area contributed by atoms with Crippen LogP contribution in [0.3, 0.4) is 0 Å². The summed E-state index contributed by atoms with van der Waals surface area (Å²) in [5.41, 5.74) is 2.20. The molecule has 6 nitrogen and oxygen atoms in total. The summed E-state index contributed by atoms with van der Waals surface area (Å²) in [6.45, 7) is 5.74. The molecular weight excluding hydrogens is 316 g/mol. The predicted molar refractivity (Wildman–Crippen MR) is 89.2 cm³/mol. The van der Waals surface area contributed by atoms with Crippen molar-refractivity contribution < 1.29 is 13.3 Å². The molecule has 0 unspecified atom stereocenters. The third-order valence-electron chi connectivity index (χ3n) is 3.52. The molecule has 2 aromatic rings. The number of hydrogen-bond acceptors (Lipinski definition) is 4. The van der Waals surface area contributed by atoms with Crippen molar-refractivity contribution in [3.8, 4) is 0 Å². The fraction of sp³-hybridized carbons (Fsp3) is 0.250. The Morgan fingerprint density at radius 1 is 1.13 bits per heavy atom. The van der Waals surface area contributed by atoms with Crippen molar-refractivity contribution in [3.05, 3.63) is 63.7 Å². The van der Waals surface area contributed by atoms with Crippen LogP contribution in [0, 0.1) is 24.0 Å². The van der Waals surface area contributed by atoms with Gasteiger partial charge in [0.15, 0.2) is 0 Å². The van der Waals surface area contributed by atoms with Crippen molar-refractivity contribution >= 4 is 21.4 Å². The van der Waals surface area contributed by atoms with Crippen LogP contribution in [0.15, 0.2) is 47.4 Å². The van der Waals surface area contributed by atoms with Crippen molar-refractivity contribution in [1.82, 2.24) is 0 Å². The molecule has 0 aromatic heterocycles. The molecule has 0 radical (unpaired) electrons. The van der Waals surface area contributed by atoms with Crippen LogP contribution in [0.4, 0.5) is 11.4 Å². The van der Waals surface area contributed by atoms with Crippen molar-refractivity contribution in [3.63, 3.8) is 0 Å². The first-order valence-electron chi connectivity index (χ1n) is 7.12. The zero-order valence-corrected chi connectivity index (χ0v) is 14.0. The van der Waals surface area contributed by atoms with E-state index in [4.69, 9.17) is 0 Å². The molecule has 23 heavy (non-hydrogen) atoms. The van der Waals surface area contributed by atoms with E-state index < -0.39 is 14.9 Å². The van der Waals surface area contributed by atoms with Gasteiger partial charge < -0.3 is 0 Å². The van der Waals surface area contributed by atoms with Crippen LogP contribution in [-0.4, -0.2) is 19.9 Å². The highest BCUT2D eigenvalue weighted by molar-refractivity contribution is 7.92. The lowest BCUT2D eigenvalue weighted by Crippen LogP contribution is -2.31. The molecule has 0 bridgehead atoms. The summed E-state index contributed by atoms with van der Waals surface area (Å²) in [7, 11) is -3.87. The molecule has 7 heteroatoms. The van der Waals surface area contributed by atoms with Gasteiger partial charge in [0.05, 0.1) is 15.5 Å². The van der Waals surface area contributed by atoms with Gasteiger partial charge in [0, 0.05) is 18.7 Å². The van der Waals surface area contributed by atoms with Crippen molar-refractivity contribution in [2.24, 2.45) is 0 Å². The number of nitrogens with zero attached hydrogens (tertiary/aromatic N) is 2. The smallest absolute Gasteiger partial charge is 0.266 e. The highest BCUT2D eigenvalue weighted by Gasteiger charge is 2.26. The molecule has 0 N–H and O–H groups in total. The number of aryl methyl sites for hydroxylation is 2. The molecule has 2 aromatic carbocycles. The Labute approximate surface area is 135 Å². The molecule has 122 valence electrons. The molecule has 2 rings (SSSR count). The fourth-order valence-corrected chi connectivity index (χ4v) is 4.02. The number of benzene rings is 2. The molecule has 0 amide bonds. The largest absolute Gasteiger partial charge is 0.270 e. The summed E-state index contributed by atoms with van der Waals surface area (Å²) < 4.78 is 27.0. The SMILES string of the molecule is CCN(c1ccc(C)cc1C)S(=O)(=O)c1cccc([N+](=O)[O-])c1. The second-order valence-corrected chi connectivity index (χ2v) is 7.08. The average molecular weight is 334 g/mol. The van der Waals surface area contributed by atoms with Gasteiger partial charge in [0.1, 0.15) is 0 Å². The third kappa shape index (κ3) is 3.34. The first kappa shape index (κ1) is 17.0. The van der Waals surface area contributed by atoms with Gasteiger partial charge >= 0.3 is 0 Å². The van der Waals surface area contributed by atoms with Crippen molar-refractivity contribution in [2.45, 2.75) is 25.7 Å². The summed E-state index contributed by atoms with van der Waals surface area (Å²) >= 11 is 0. The second kappa shape index (κ2) is 6.37. The monoisotopic (exact) mass is 334 g/mol. The van der Waals surface area contributed by atoms with Gasteiger partial charge in [0.2, 0.25) is 0 Å². The van der Waals surface area contributed by atoms with Gasteiger partial charge in [-0.2, -0.15) is 0 Å². The highest BCUT2D eigenvalue weighted by Crippen LogP contribution is 2.28. The summed E-state index contributed by atoms with van der Waals surface area (Å²) in [5.74, 6) is 0. The maximum Gasteiger partial charge on any atom is 0.270 e. The zero-order valence-electron chi connectivity index (χ0n) is 13.2. The van der Waals surface area contributed by atoms with E-state index >= 15 is 0 Å². The Hall–Kier alpha value is -2.41. The lowest BCUT2D eigenvalue weighted by atomic mass is 10.1. The summed E-state index contributed by atoms with van der Waals surface area (Å²) in [6.07, 6.45) is 0. The molecule has 0 saturated heterocycles. The highest BCUT2D eigenvalue weighted by atomic mass is 32.2. The molecule has 0 aliphatic carbocycles. The number of nitro benzene ring substituents is 1. The van der Waals surface area contributed by atoms with Crippen molar-refractivity contribution in [2.75, 3.05) is 10.8 Å². The Morgan fingerprint density at radius 2 is 1.83 bits per heavy atom. The molecule has 0 aliphatic heterocycles. The van der Waals surface area contributed by atoms with Gasteiger partial charge in [-0.25, -0.2) is 8.42 Å². The molecule has 0 saturated carbocycles. The van der Waals surface area contributed by atoms with Crippen LogP contribution in [0.2, 0.25) is 0 Å². The first-order chi connectivity index (χ1) is 10.8. The molecule has 0 fully saturated rings. The van der Waals surface area contributed by atoms with E-state index in [0.29, 0.717) is 5.69 Å². The standard InChI is InChI=1S/C16H18N2O4S/c1-4-17(16-9-8-12(2)10-13(16)3)23(21,22)15-7-5-6-14(11-15)18(19)20/h5-11H,4H2,1-3H3. The maximum atomic E-state index is 12.9. The van der Waals surface area contributed by atoms with Gasteiger partial charge in [0.25, 0.3) is 15.7 Å². The minimum Gasteiger partial charge on any atom is -0.266 e. The molecule has 0 heterocycles. The van der Waals surface area contributed by atoms with Gasteiger partial charge in [-0.05, 0) is 38.5 Å². The molecule has 0 atom stereocenters. The van der Waals surface area contributed by atoms with Crippen LogP contribution in [0.5, 0.6) is 0 Å². The normalized spacial score (nSPS) is 11.3. The number of nitro groups is 1. The Bertz CT molecular complexity index is 847. The number of sulfonamides is 1. The van der Waals surface area contributed by atoms with E-state index in [1.807, 2.05) is 26.0 Å². The Morgan fingerprint density at radius 3 is 2.39 bits per heavy atom. The van der Waals surface area contributed by atoms with E-state index in [9.17, 15) is 18.5 Å². The van der Waals surface area contributed by atoms with E-state index in [1.54, 1.807) is 13.0 Å². The number of rotatable bonds is 5. The minimum atomic E-state index is -3.87. The number of anilines is 1. The third-order valence-corrected chi connectivity index (χ3v) is 5.41. The van der Waals surface area contributed by atoms with E-state index in [1.165, 1.54) is 22.5 Å². The van der Waals surface area contributed by atoms with Crippen LogP contribution in [0.1, 0.15) is 18.1 Å². The molecule has 0 aliphatic rings. The maximum absolute atomic E-state index is 12.9. The quantitative estimate of drug-likeness (QED) is 0.620. The van der Waals surface area contributed by atoms with Crippen molar-refractivity contribution in [1.29, 1.82) is 0 Å². The predicted octanol–water partition coefficient (Wildman–Crippen LogP) is 3.43. The Balaban J connectivity index is 2.55. The average Bonchev–Trinajstić information content (AvgIpc) is 2.50. The number of hydrogen-bond donors (Lipinski definition) is 0. The van der Waals surface area contributed by atoms with Crippen LogP contribution < -0.4 is 4.31 Å². The summed E-state index contributed by atoms with van der Waals surface area (Å²) in [5, 5.41) is 10.9. The minimum absolute atomic E-state index is 0.0893. The molecular formula is C16H18N2O4S. The molecule has 0 spiro atoms. The van der Waals surface area contributed by atoms with Gasteiger partial charge in [-0.3, -0.25) is 14.4 Å². The first-order valence-corrected chi connectivity index (χ1v) is 8.56. The second-order valence-electron chi connectivity index (χ2n) is 5.21. The summed E-state index contributed by atoms with van der Waals surface area (Å²) in [6, 6.07) is 10.6. The van der Waals surface area contributed by atoms with Gasteiger partial charge in [-0.1, -0.05) is 23.8 Å². The van der Waals surface area contributed by atoms with Gasteiger partial charge in [-0.15, -0.1) is 0 Å². The van der Waals surface area contributed by atoms with E-state index in [-0.39, 0.29) is 17.1 Å². The fourth-order valence-electron chi connectivity index (χ4n) is 2.44. The van der Waals surface area contributed by atoms with Crippen LogP contribution >= 0.6 is 0 Å². The van der Waals surface area contributed by atoms with Crippen LogP contribution in [-0.2, 0) is 10.0 Å². The number of non-ortho nitro benzene ring substituents is 1. The lowest BCUT2D eigenvalue weighted by Gasteiger charge is -2.24. The Kier molecular flexibility index (Phi) is 4.70.